The van der Waals surface area contributed by atoms with Crippen LogP contribution in [0.15, 0.2) is 76.4 Å². The van der Waals surface area contributed by atoms with Crippen LogP contribution < -0.4 is 10.4 Å². The Labute approximate surface area is 201 Å². The number of aromatic carboxylic acids is 1. The number of nitrogens with zero attached hydrogens (tertiary/aromatic N) is 5. The number of benzene rings is 2. The highest BCUT2D eigenvalue weighted by atomic mass is 32.1. The van der Waals surface area contributed by atoms with Crippen LogP contribution >= 0.6 is 22.7 Å². The van der Waals surface area contributed by atoms with Gasteiger partial charge >= 0.3 is 11.9 Å². The highest BCUT2D eigenvalue weighted by Crippen LogP contribution is 2.30. The summed E-state index contributed by atoms with van der Waals surface area (Å²) in [6.45, 7) is 1.94. The van der Waals surface area contributed by atoms with Crippen molar-refractivity contribution in [2.24, 2.45) is 10.2 Å². The number of carbonyl (C=O) groups is 2. The van der Waals surface area contributed by atoms with E-state index in [1.54, 1.807) is 23.7 Å². The fourth-order valence-electron chi connectivity index (χ4n) is 3.20. The summed E-state index contributed by atoms with van der Waals surface area (Å²) >= 11 is 2.69. The molecule has 0 spiro atoms. The molecule has 1 aliphatic rings. The summed E-state index contributed by atoms with van der Waals surface area (Å²) in [5, 5.41) is 21.9. The Kier molecular flexibility index (Phi) is 5.70. The average molecular weight is 489 g/mol. The molecule has 0 saturated carbocycles. The van der Waals surface area contributed by atoms with E-state index in [1.807, 2.05) is 37.3 Å². The van der Waals surface area contributed by atoms with Gasteiger partial charge in [-0.25, -0.2) is 14.8 Å². The van der Waals surface area contributed by atoms with Crippen molar-refractivity contribution in [1.82, 2.24) is 9.97 Å². The molecule has 2 aromatic carbocycles. The Balaban J connectivity index is 1.47. The van der Waals surface area contributed by atoms with Crippen LogP contribution in [0.25, 0.3) is 11.3 Å². The van der Waals surface area contributed by atoms with Gasteiger partial charge in [0, 0.05) is 27.6 Å². The summed E-state index contributed by atoms with van der Waals surface area (Å²) < 4.78 is 0. The molecule has 2 aromatic heterocycles. The number of aryl methyl sites for hydroxylation is 1. The maximum atomic E-state index is 13.3. The fourth-order valence-corrected chi connectivity index (χ4v) is 4.59. The number of aromatic nitrogens is 2. The Bertz CT molecular complexity index is 1440. The van der Waals surface area contributed by atoms with E-state index in [4.69, 9.17) is 5.11 Å². The molecule has 0 radical (unpaired) electrons. The minimum Gasteiger partial charge on any atom is -0.478 e. The second-order valence-corrected chi connectivity index (χ2v) is 9.25. The molecule has 34 heavy (non-hydrogen) atoms. The molecule has 11 heteroatoms. The van der Waals surface area contributed by atoms with Crippen molar-refractivity contribution >= 4 is 56.2 Å². The Hall–Kier alpha value is -4.22. The van der Waals surface area contributed by atoms with Crippen molar-refractivity contribution in [3.63, 3.8) is 0 Å². The second kappa shape index (κ2) is 8.96. The third kappa shape index (κ3) is 4.21. The third-order valence-corrected chi connectivity index (χ3v) is 6.49. The fraction of sp³-hybridized carbons (Fsp3) is 0.0435. The van der Waals surface area contributed by atoms with Crippen LogP contribution in [0.1, 0.15) is 20.8 Å². The zero-order chi connectivity index (χ0) is 23.7. The molecule has 0 aliphatic carbocycles. The van der Waals surface area contributed by atoms with Gasteiger partial charge in [0.2, 0.25) is 10.3 Å². The van der Waals surface area contributed by atoms with Gasteiger partial charge in [0.25, 0.3) is 0 Å². The number of rotatable bonds is 6. The Morgan fingerprint density at radius 3 is 2.53 bits per heavy atom. The van der Waals surface area contributed by atoms with Crippen molar-refractivity contribution in [3.05, 3.63) is 82.2 Å². The standard InChI is InChI=1S/C23H16N6O3S2/c1-13-11-24-22(34-13)27-26-19-18(15-5-3-2-4-6-15)28-29(20(19)30)23-25-17(12-33-23)14-7-9-16(10-8-14)21(31)32/h2-12H,1H3,(H,24,27)(H,31,32)/b26-19-. The van der Waals surface area contributed by atoms with Gasteiger partial charge in [-0.2, -0.15) is 15.2 Å². The SMILES string of the molecule is Cc1cnc(N/N=C2\C(=O)N(c3nc(-c4ccc(C(=O)O)cc4)cs3)N=C2c2ccccc2)s1. The van der Waals surface area contributed by atoms with Crippen molar-refractivity contribution in [2.75, 3.05) is 10.4 Å². The highest BCUT2D eigenvalue weighted by Gasteiger charge is 2.35. The summed E-state index contributed by atoms with van der Waals surface area (Å²) in [4.78, 5) is 34.2. The number of nitrogens with one attached hydrogen (secondary N) is 1. The topological polar surface area (TPSA) is 120 Å². The van der Waals surface area contributed by atoms with E-state index >= 15 is 0 Å². The Morgan fingerprint density at radius 1 is 1.09 bits per heavy atom. The number of carboxylic acids is 1. The molecule has 0 atom stereocenters. The first-order chi connectivity index (χ1) is 16.5. The average Bonchev–Trinajstić information content (AvgIpc) is 3.57. The lowest BCUT2D eigenvalue weighted by atomic mass is 10.1. The lowest BCUT2D eigenvalue weighted by Gasteiger charge is -2.06. The summed E-state index contributed by atoms with van der Waals surface area (Å²) in [7, 11) is 0. The van der Waals surface area contributed by atoms with Crippen LogP contribution in [-0.2, 0) is 4.79 Å². The molecular formula is C23H16N6O3S2. The van der Waals surface area contributed by atoms with Gasteiger partial charge in [0.05, 0.1) is 11.3 Å². The van der Waals surface area contributed by atoms with E-state index in [-0.39, 0.29) is 11.3 Å². The molecule has 5 rings (SSSR count). The zero-order valence-corrected chi connectivity index (χ0v) is 19.3. The lowest BCUT2D eigenvalue weighted by molar-refractivity contribution is -0.112. The quantitative estimate of drug-likeness (QED) is 0.386. The predicted molar refractivity (Wildman–Crippen MR) is 133 cm³/mol. The van der Waals surface area contributed by atoms with Gasteiger partial charge in [0.15, 0.2) is 5.71 Å². The van der Waals surface area contributed by atoms with Crippen LogP contribution in [0.2, 0.25) is 0 Å². The predicted octanol–water partition coefficient (Wildman–Crippen LogP) is 4.49. The number of thiazole rings is 2. The van der Waals surface area contributed by atoms with Crippen molar-refractivity contribution < 1.29 is 14.7 Å². The molecule has 1 aliphatic heterocycles. The van der Waals surface area contributed by atoms with E-state index in [2.05, 4.69) is 25.6 Å². The first-order valence-electron chi connectivity index (χ1n) is 10.0. The normalized spacial score (nSPS) is 14.5. The first-order valence-corrected chi connectivity index (χ1v) is 11.7. The number of carbonyl (C=O) groups excluding carboxylic acids is 1. The molecule has 0 unspecified atom stereocenters. The monoisotopic (exact) mass is 488 g/mol. The van der Waals surface area contributed by atoms with Gasteiger partial charge in [-0.15, -0.1) is 22.7 Å². The minimum absolute atomic E-state index is 0.154. The number of hydrazone groups is 2. The number of amides is 1. The van der Waals surface area contributed by atoms with Crippen molar-refractivity contribution in [2.45, 2.75) is 6.92 Å². The highest BCUT2D eigenvalue weighted by molar-refractivity contribution is 7.15. The molecule has 2 N–H and O–H groups in total. The summed E-state index contributed by atoms with van der Waals surface area (Å²) in [5.41, 5.74) is 5.72. The van der Waals surface area contributed by atoms with Gasteiger partial charge in [0.1, 0.15) is 5.71 Å². The zero-order valence-electron chi connectivity index (χ0n) is 17.7. The lowest BCUT2D eigenvalue weighted by Crippen LogP contribution is -2.28. The number of hydrogen-bond donors (Lipinski definition) is 2. The maximum Gasteiger partial charge on any atom is 0.335 e. The van der Waals surface area contributed by atoms with Crippen LogP contribution in [0.5, 0.6) is 0 Å². The van der Waals surface area contributed by atoms with Gasteiger partial charge < -0.3 is 5.11 Å². The molecule has 4 aromatic rings. The molecular weight excluding hydrogens is 472 g/mol. The second-order valence-electron chi connectivity index (χ2n) is 7.18. The Morgan fingerprint density at radius 2 is 1.85 bits per heavy atom. The third-order valence-electron chi connectivity index (χ3n) is 4.85. The molecule has 0 fully saturated rings. The smallest absolute Gasteiger partial charge is 0.335 e. The van der Waals surface area contributed by atoms with Gasteiger partial charge in [-0.1, -0.05) is 42.5 Å². The van der Waals surface area contributed by atoms with E-state index in [1.165, 1.54) is 39.8 Å². The number of carboxylic acid groups (broad SMARTS) is 1. The van der Waals surface area contributed by atoms with Gasteiger partial charge in [-0.3, -0.25) is 10.2 Å². The molecule has 0 saturated heterocycles. The number of hydrogen-bond acceptors (Lipinski definition) is 9. The van der Waals surface area contributed by atoms with Crippen LogP contribution in [-0.4, -0.2) is 38.4 Å². The number of anilines is 2. The van der Waals surface area contributed by atoms with E-state index in [0.29, 0.717) is 21.7 Å². The largest absolute Gasteiger partial charge is 0.478 e. The molecule has 1 amide bonds. The van der Waals surface area contributed by atoms with Crippen LogP contribution in [0, 0.1) is 6.92 Å². The molecule has 0 bridgehead atoms. The maximum absolute atomic E-state index is 13.3. The summed E-state index contributed by atoms with van der Waals surface area (Å²) in [6, 6.07) is 15.7. The molecule has 9 nitrogen and oxygen atoms in total. The van der Waals surface area contributed by atoms with Crippen molar-refractivity contribution in [1.29, 1.82) is 0 Å². The molecule has 168 valence electrons. The van der Waals surface area contributed by atoms with E-state index < -0.39 is 11.9 Å². The summed E-state index contributed by atoms with van der Waals surface area (Å²) in [6.07, 6.45) is 1.72. The van der Waals surface area contributed by atoms with Crippen LogP contribution in [0.3, 0.4) is 0 Å². The summed E-state index contributed by atoms with van der Waals surface area (Å²) in [5.74, 6) is -1.41. The van der Waals surface area contributed by atoms with Crippen molar-refractivity contribution in [3.8, 4) is 11.3 Å². The van der Waals surface area contributed by atoms with Crippen LogP contribution in [0.4, 0.5) is 10.3 Å². The van der Waals surface area contributed by atoms with E-state index in [0.717, 1.165) is 16.0 Å². The minimum atomic E-state index is -0.996. The molecule has 3 heterocycles. The van der Waals surface area contributed by atoms with Gasteiger partial charge in [-0.05, 0) is 19.1 Å². The van der Waals surface area contributed by atoms with E-state index in [9.17, 15) is 9.59 Å². The first kappa shape index (κ1) is 21.6.